The SMILES string of the molecule is COc1cccc(SCC(=O)N2CCC3(CC2)COC(=O)O3)c1. The van der Waals surface area contributed by atoms with Crippen LogP contribution in [0.2, 0.25) is 0 Å². The summed E-state index contributed by atoms with van der Waals surface area (Å²) in [5.74, 6) is 1.26. The molecule has 1 aromatic carbocycles. The monoisotopic (exact) mass is 337 g/mol. The maximum Gasteiger partial charge on any atom is 0.509 e. The number of nitrogens with zero attached hydrogens (tertiary/aromatic N) is 1. The molecule has 0 saturated carbocycles. The van der Waals surface area contributed by atoms with Gasteiger partial charge in [-0.1, -0.05) is 6.07 Å². The zero-order valence-electron chi connectivity index (χ0n) is 12.9. The number of amides is 1. The molecule has 0 atom stereocenters. The number of likely N-dealkylation sites (tertiary alicyclic amines) is 1. The van der Waals surface area contributed by atoms with Crippen LogP contribution in [0.3, 0.4) is 0 Å². The Hall–Kier alpha value is -1.89. The van der Waals surface area contributed by atoms with E-state index in [9.17, 15) is 9.59 Å². The number of thioether (sulfide) groups is 1. The largest absolute Gasteiger partial charge is 0.509 e. The topological polar surface area (TPSA) is 65.1 Å². The van der Waals surface area contributed by atoms with E-state index >= 15 is 0 Å². The summed E-state index contributed by atoms with van der Waals surface area (Å²) in [5.41, 5.74) is -0.520. The highest BCUT2D eigenvalue weighted by Gasteiger charge is 2.45. The Kier molecular flexibility index (Phi) is 4.66. The van der Waals surface area contributed by atoms with Crippen LogP contribution in [0.25, 0.3) is 0 Å². The Balaban J connectivity index is 1.49. The molecule has 7 heteroatoms. The van der Waals surface area contributed by atoms with Gasteiger partial charge in [0, 0.05) is 30.8 Å². The van der Waals surface area contributed by atoms with Crippen LogP contribution in [0.1, 0.15) is 12.8 Å². The van der Waals surface area contributed by atoms with Gasteiger partial charge in [0.05, 0.1) is 12.9 Å². The van der Waals surface area contributed by atoms with Crippen LogP contribution in [0.15, 0.2) is 29.2 Å². The lowest BCUT2D eigenvalue weighted by molar-refractivity contribution is -0.131. The lowest BCUT2D eigenvalue weighted by Gasteiger charge is -2.36. The molecule has 0 bridgehead atoms. The molecule has 1 spiro atoms. The van der Waals surface area contributed by atoms with Crippen LogP contribution in [0.5, 0.6) is 5.75 Å². The molecule has 0 radical (unpaired) electrons. The summed E-state index contributed by atoms with van der Waals surface area (Å²) in [6, 6.07) is 7.66. The predicted molar refractivity (Wildman–Crippen MR) is 84.7 cm³/mol. The number of carbonyl (C=O) groups is 2. The van der Waals surface area contributed by atoms with E-state index in [4.69, 9.17) is 14.2 Å². The second-order valence-electron chi connectivity index (χ2n) is 5.67. The molecule has 2 heterocycles. The quantitative estimate of drug-likeness (QED) is 0.620. The van der Waals surface area contributed by atoms with Gasteiger partial charge in [-0.25, -0.2) is 4.79 Å². The minimum absolute atomic E-state index is 0.0953. The smallest absolute Gasteiger partial charge is 0.497 e. The second kappa shape index (κ2) is 6.70. The molecule has 2 aliphatic rings. The maximum atomic E-state index is 12.3. The van der Waals surface area contributed by atoms with Crippen molar-refractivity contribution in [2.75, 3.05) is 32.6 Å². The predicted octanol–water partition coefficient (Wildman–Crippen LogP) is 2.32. The van der Waals surface area contributed by atoms with Gasteiger partial charge in [0.1, 0.15) is 12.4 Å². The van der Waals surface area contributed by atoms with Crippen molar-refractivity contribution < 1.29 is 23.8 Å². The van der Waals surface area contributed by atoms with Crippen LogP contribution >= 0.6 is 11.8 Å². The molecule has 0 unspecified atom stereocenters. The molecule has 1 aromatic rings. The van der Waals surface area contributed by atoms with Crippen LogP contribution in [0, 0.1) is 0 Å². The molecule has 0 aromatic heterocycles. The van der Waals surface area contributed by atoms with E-state index in [1.165, 1.54) is 11.8 Å². The molecule has 2 fully saturated rings. The summed E-state index contributed by atoms with van der Waals surface area (Å²) in [7, 11) is 1.62. The van der Waals surface area contributed by atoms with Gasteiger partial charge in [-0.3, -0.25) is 4.79 Å². The summed E-state index contributed by atoms with van der Waals surface area (Å²) in [4.78, 5) is 26.3. The standard InChI is InChI=1S/C16H19NO5S/c1-20-12-3-2-4-13(9-12)23-10-14(18)17-7-5-16(6-8-17)11-21-15(19)22-16/h2-4,9H,5-8,10-11H2,1H3. The van der Waals surface area contributed by atoms with Gasteiger partial charge in [-0.2, -0.15) is 0 Å². The van der Waals surface area contributed by atoms with Crippen molar-refractivity contribution in [2.45, 2.75) is 23.3 Å². The van der Waals surface area contributed by atoms with Gasteiger partial charge in [0.25, 0.3) is 0 Å². The Morgan fingerprint density at radius 1 is 1.39 bits per heavy atom. The molecule has 2 aliphatic heterocycles. The fourth-order valence-electron chi connectivity index (χ4n) is 2.76. The molecule has 0 N–H and O–H groups in total. The number of hydrogen-bond donors (Lipinski definition) is 0. The van der Waals surface area contributed by atoms with Crippen LogP contribution in [-0.4, -0.2) is 55.1 Å². The summed E-state index contributed by atoms with van der Waals surface area (Å²) in [6.07, 6.45) is 0.668. The van der Waals surface area contributed by atoms with E-state index in [-0.39, 0.29) is 5.91 Å². The van der Waals surface area contributed by atoms with Crippen LogP contribution in [-0.2, 0) is 14.3 Å². The number of hydrogen-bond acceptors (Lipinski definition) is 6. The van der Waals surface area contributed by atoms with E-state index in [1.807, 2.05) is 29.2 Å². The Morgan fingerprint density at radius 3 is 2.83 bits per heavy atom. The number of benzene rings is 1. The van der Waals surface area contributed by atoms with Gasteiger partial charge in [-0.15, -0.1) is 11.8 Å². The minimum atomic E-state index is -0.599. The van der Waals surface area contributed by atoms with Gasteiger partial charge < -0.3 is 19.1 Å². The van der Waals surface area contributed by atoms with Gasteiger partial charge >= 0.3 is 6.16 Å². The van der Waals surface area contributed by atoms with Gasteiger partial charge in [0.2, 0.25) is 5.91 Å². The number of cyclic esters (lactones) is 1. The van der Waals surface area contributed by atoms with Crippen molar-refractivity contribution in [3.63, 3.8) is 0 Å². The van der Waals surface area contributed by atoms with Crippen molar-refractivity contribution in [1.29, 1.82) is 0 Å². The first-order chi connectivity index (χ1) is 11.1. The van der Waals surface area contributed by atoms with Crippen molar-refractivity contribution in [2.24, 2.45) is 0 Å². The molecule has 3 rings (SSSR count). The number of rotatable bonds is 4. The first-order valence-corrected chi connectivity index (χ1v) is 8.49. The Labute approximate surface area is 139 Å². The van der Waals surface area contributed by atoms with E-state index in [1.54, 1.807) is 7.11 Å². The molecular formula is C16H19NO5S. The van der Waals surface area contributed by atoms with Gasteiger partial charge in [-0.05, 0) is 18.2 Å². The fraction of sp³-hybridized carbons (Fsp3) is 0.500. The summed E-state index contributed by atoms with van der Waals surface area (Å²) in [5, 5.41) is 0. The van der Waals surface area contributed by atoms with E-state index in [0.29, 0.717) is 38.3 Å². The molecule has 124 valence electrons. The van der Waals surface area contributed by atoms with E-state index < -0.39 is 11.8 Å². The molecular weight excluding hydrogens is 318 g/mol. The highest BCUT2D eigenvalue weighted by Crippen LogP contribution is 2.32. The molecule has 2 saturated heterocycles. The number of piperidine rings is 1. The van der Waals surface area contributed by atoms with Crippen molar-refractivity contribution in [3.05, 3.63) is 24.3 Å². The molecule has 6 nitrogen and oxygen atoms in total. The summed E-state index contributed by atoms with van der Waals surface area (Å²) in [6.45, 7) is 1.48. The number of ether oxygens (including phenoxy) is 3. The molecule has 23 heavy (non-hydrogen) atoms. The van der Waals surface area contributed by atoms with Crippen LogP contribution in [0.4, 0.5) is 4.79 Å². The van der Waals surface area contributed by atoms with E-state index in [0.717, 1.165) is 10.6 Å². The zero-order chi connectivity index (χ0) is 16.3. The van der Waals surface area contributed by atoms with Crippen molar-refractivity contribution in [1.82, 2.24) is 4.90 Å². The summed E-state index contributed by atoms with van der Waals surface area (Å²) < 4.78 is 15.3. The van der Waals surface area contributed by atoms with E-state index in [2.05, 4.69) is 0 Å². The number of methoxy groups -OCH3 is 1. The third-order valence-corrected chi connectivity index (χ3v) is 5.16. The van der Waals surface area contributed by atoms with Crippen LogP contribution < -0.4 is 4.74 Å². The normalized spacial score (nSPS) is 19.3. The minimum Gasteiger partial charge on any atom is -0.497 e. The maximum absolute atomic E-state index is 12.3. The highest BCUT2D eigenvalue weighted by molar-refractivity contribution is 8.00. The van der Waals surface area contributed by atoms with Crippen molar-refractivity contribution in [3.8, 4) is 5.75 Å². The highest BCUT2D eigenvalue weighted by atomic mass is 32.2. The lowest BCUT2D eigenvalue weighted by Crippen LogP contribution is -2.48. The first-order valence-electron chi connectivity index (χ1n) is 7.51. The second-order valence-corrected chi connectivity index (χ2v) is 6.72. The first kappa shape index (κ1) is 16.0. The lowest BCUT2D eigenvalue weighted by atomic mass is 9.92. The average molecular weight is 337 g/mol. The van der Waals surface area contributed by atoms with Crippen molar-refractivity contribution >= 4 is 23.8 Å². The number of carbonyl (C=O) groups excluding carboxylic acids is 2. The molecule has 1 amide bonds. The average Bonchev–Trinajstić information content (AvgIpc) is 2.94. The molecule has 0 aliphatic carbocycles. The zero-order valence-corrected chi connectivity index (χ0v) is 13.8. The third-order valence-electron chi connectivity index (χ3n) is 4.18. The Morgan fingerprint density at radius 2 is 2.17 bits per heavy atom. The third kappa shape index (κ3) is 3.72. The Bertz CT molecular complexity index is 598. The summed E-state index contributed by atoms with van der Waals surface area (Å²) >= 11 is 1.49. The fourth-order valence-corrected chi connectivity index (χ4v) is 3.61. The van der Waals surface area contributed by atoms with Gasteiger partial charge in [0.15, 0.2) is 5.60 Å².